The van der Waals surface area contributed by atoms with Crippen LogP contribution in [-0.2, 0) is 10.0 Å². The van der Waals surface area contributed by atoms with Gasteiger partial charge in [0.1, 0.15) is 17.6 Å². The van der Waals surface area contributed by atoms with Crippen LogP contribution in [0.25, 0.3) is 0 Å². The van der Waals surface area contributed by atoms with Gasteiger partial charge in [-0.1, -0.05) is 0 Å². The van der Waals surface area contributed by atoms with Crippen LogP contribution >= 0.6 is 0 Å². The van der Waals surface area contributed by atoms with Crippen molar-refractivity contribution in [3.05, 3.63) is 53.8 Å². The summed E-state index contributed by atoms with van der Waals surface area (Å²) < 4.78 is 39.4. The number of nitrogens with one attached hydrogen (secondary N) is 1. The highest BCUT2D eigenvalue weighted by molar-refractivity contribution is 7.92. The van der Waals surface area contributed by atoms with Crippen LogP contribution in [0.3, 0.4) is 0 Å². The molecule has 0 aromatic heterocycles. The molecule has 0 saturated carbocycles. The van der Waals surface area contributed by atoms with Crippen LogP contribution in [0.5, 0.6) is 5.75 Å². The highest BCUT2D eigenvalue weighted by atomic mass is 32.2. The third-order valence-corrected chi connectivity index (χ3v) is 3.88. The summed E-state index contributed by atoms with van der Waals surface area (Å²) in [6, 6.07) is 9.88. The van der Waals surface area contributed by atoms with Crippen molar-refractivity contribution in [3.8, 4) is 11.8 Å². The van der Waals surface area contributed by atoms with Crippen molar-refractivity contribution >= 4 is 15.7 Å². The molecule has 7 heteroatoms. The number of benzene rings is 2. The number of phenols is 1. The summed E-state index contributed by atoms with van der Waals surface area (Å²) in [5.74, 6) is -0.780. The second-order valence-corrected chi connectivity index (χ2v) is 5.59. The molecule has 0 spiro atoms. The van der Waals surface area contributed by atoms with E-state index in [-0.39, 0.29) is 21.9 Å². The van der Waals surface area contributed by atoms with Crippen LogP contribution in [0.1, 0.15) is 5.56 Å². The van der Waals surface area contributed by atoms with Crippen molar-refractivity contribution in [2.75, 3.05) is 4.72 Å². The van der Waals surface area contributed by atoms with Crippen molar-refractivity contribution in [2.45, 2.75) is 4.90 Å². The number of nitrogens with zero attached hydrogens (tertiary/aromatic N) is 1. The average molecular weight is 292 g/mol. The van der Waals surface area contributed by atoms with Gasteiger partial charge in [0, 0.05) is 0 Å². The third-order valence-electron chi connectivity index (χ3n) is 2.49. The SMILES string of the molecule is N#Cc1cc(NS(=O)(=O)c2ccc(O)cc2)ccc1F. The topological polar surface area (TPSA) is 90.2 Å². The second kappa shape index (κ2) is 5.19. The molecule has 0 unspecified atom stereocenters. The second-order valence-electron chi connectivity index (χ2n) is 3.91. The maximum absolute atomic E-state index is 13.1. The molecule has 0 saturated heterocycles. The summed E-state index contributed by atoms with van der Waals surface area (Å²) in [5, 5.41) is 17.8. The van der Waals surface area contributed by atoms with E-state index >= 15 is 0 Å². The van der Waals surface area contributed by atoms with Crippen LogP contribution < -0.4 is 4.72 Å². The van der Waals surface area contributed by atoms with Crippen LogP contribution in [0, 0.1) is 17.1 Å². The lowest BCUT2D eigenvalue weighted by Gasteiger charge is -2.08. The zero-order chi connectivity index (χ0) is 14.8. The summed E-state index contributed by atoms with van der Waals surface area (Å²) >= 11 is 0. The number of hydrogen-bond donors (Lipinski definition) is 2. The molecule has 0 aliphatic carbocycles. The number of anilines is 1. The molecule has 102 valence electrons. The van der Waals surface area contributed by atoms with Gasteiger partial charge in [0.2, 0.25) is 0 Å². The molecule has 0 amide bonds. The van der Waals surface area contributed by atoms with E-state index in [0.717, 1.165) is 12.1 Å². The van der Waals surface area contributed by atoms with Gasteiger partial charge in [-0.05, 0) is 42.5 Å². The Labute approximate surface area is 115 Å². The molecule has 20 heavy (non-hydrogen) atoms. The van der Waals surface area contributed by atoms with Gasteiger partial charge in [-0.25, -0.2) is 12.8 Å². The first-order valence-electron chi connectivity index (χ1n) is 5.44. The molecular weight excluding hydrogens is 283 g/mol. The van der Waals surface area contributed by atoms with Crippen molar-refractivity contribution in [1.29, 1.82) is 5.26 Å². The molecule has 2 aromatic carbocycles. The predicted octanol–water partition coefficient (Wildman–Crippen LogP) is 2.20. The molecule has 0 fully saturated rings. The number of nitriles is 1. The normalized spacial score (nSPS) is 10.8. The number of rotatable bonds is 3. The summed E-state index contributed by atoms with van der Waals surface area (Å²) in [6.45, 7) is 0. The fourth-order valence-corrected chi connectivity index (χ4v) is 2.56. The minimum Gasteiger partial charge on any atom is -0.508 e. The van der Waals surface area contributed by atoms with E-state index in [0.29, 0.717) is 0 Å². The third kappa shape index (κ3) is 2.87. The average Bonchev–Trinajstić information content (AvgIpc) is 2.41. The Morgan fingerprint density at radius 3 is 2.40 bits per heavy atom. The van der Waals surface area contributed by atoms with E-state index in [1.54, 1.807) is 6.07 Å². The van der Waals surface area contributed by atoms with Crippen LogP contribution in [0.15, 0.2) is 47.4 Å². The molecule has 0 heterocycles. The van der Waals surface area contributed by atoms with Gasteiger partial charge in [-0.3, -0.25) is 4.72 Å². The van der Waals surface area contributed by atoms with Crippen LogP contribution in [-0.4, -0.2) is 13.5 Å². The largest absolute Gasteiger partial charge is 0.508 e. The first kappa shape index (κ1) is 13.8. The van der Waals surface area contributed by atoms with Crippen molar-refractivity contribution in [1.82, 2.24) is 0 Å². The molecule has 0 radical (unpaired) electrons. The van der Waals surface area contributed by atoms with E-state index in [4.69, 9.17) is 10.4 Å². The minimum atomic E-state index is -3.86. The van der Waals surface area contributed by atoms with E-state index in [9.17, 15) is 12.8 Å². The van der Waals surface area contributed by atoms with E-state index < -0.39 is 15.8 Å². The quantitative estimate of drug-likeness (QED) is 0.907. The molecule has 0 aliphatic heterocycles. The Bertz CT molecular complexity index is 780. The van der Waals surface area contributed by atoms with E-state index in [1.165, 1.54) is 30.3 Å². The zero-order valence-electron chi connectivity index (χ0n) is 10.0. The fourth-order valence-electron chi connectivity index (χ4n) is 1.51. The Morgan fingerprint density at radius 1 is 1.15 bits per heavy atom. The Kier molecular flexibility index (Phi) is 3.59. The molecular formula is C13H9FN2O3S. The van der Waals surface area contributed by atoms with Crippen LogP contribution in [0.4, 0.5) is 10.1 Å². The van der Waals surface area contributed by atoms with Gasteiger partial charge in [-0.15, -0.1) is 0 Å². The molecule has 0 atom stereocenters. The number of aromatic hydroxyl groups is 1. The minimum absolute atomic E-state index is 0.0573. The van der Waals surface area contributed by atoms with Gasteiger partial charge >= 0.3 is 0 Å². The molecule has 2 aromatic rings. The first-order valence-corrected chi connectivity index (χ1v) is 6.92. The van der Waals surface area contributed by atoms with Crippen molar-refractivity contribution in [2.24, 2.45) is 0 Å². The van der Waals surface area contributed by atoms with Gasteiger partial charge in [-0.2, -0.15) is 5.26 Å². The standard InChI is InChI=1S/C13H9FN2O3S/c14-13-6-1-10(7-9(13)8-15)16-20(18,19)12-4-2-11(17)3-5-12/h1-7,16-17H. The lowest BCUT2D eigenvalue weighted by Crippen LogP contribution is -2.13. The summed E-state index contributed by atoms with van der Waals surface area (Å²) in [6.07, 6.45) is 0. The van der Waals surface area contributed by atoms with E-state index in [1.807, 2.05) is 0 Å². The smallest absolute Gasteiger partial charge is 0.261 e. The van der Waals surface area contributed by atoms with Crippen LogP contribution in [0.2, 0.25) is 0 Å². The highest BCUT2D eigenvalue weighted by Crippen LogP contribution is 2.20. The van der Waals surface area contributed by atoms with E-state index in [2.05, 4.69) is 4.72 Å². The molecule has 2 N–H and O–H groups in total. The molecule has 2 rings (SSSR count). The Balaban J connectivity index is 2.34. The van der Waals surface area contributed by atoms with Crippen molar-refractivity contribution in [3.63, 3.8) is 0 Å². The zero-order valence-corrected chi connectivity index (χ0v) is 10.9. The molecule has 0 bridgehead atoms. The summed E-state index contributed by atoms with van der Waals surface area (Å²) in [5.41, 5.74) is -0.174. The summed E-state index contributed by atoms with van der Waals surface area (Å²) in [7, 11) is -3.86. The number of hydrogen-bond acceptors (Lipinski definition) is 4. The van der Waals surface area contributed by atoms with Gasteiger partial charge < -0.3 is 5.11 Å². The highest BCUT2D eigenvalue weighted by Gasteiger charge is 2.15. The molecule has 0 aliphatic rings. The monoisotopic (exact) mass is 292 g/mol. The lowest BCUT2D eigenvalue weighted by molar-refractivity contribution is 0.475. The maximum atomic E-state index is 13.1. The van der Waals surface area contributed by atoms with Gasteiger partial charge in [0.15, 0.2) is 0 Å². The van der Waals surface area contributed by atoms with Crippen molar-refractivity contribution < 1.29 is 17.9 Å². The maximum Gasteiger partial charge on any atom is 0.261 e. The number of phenolic OH excluding ortho intramolecular Hbond substituents is 1. The van der Waals surface area contributed by atoms with Gasteiger partial charge in [0.05, 0.1) is 16.1 Å². The Morgan fingerprint density at radius 2 is 1.80 bits per heavy atom. The first-order chi connectivity index (χ1) is 9.42. The predicted molar refractivity (Wildman–Crippen MR) is 70.0 cm³/mol. The summed E-state index contributed by atoms with van der Waals surface area (Å²) in [4.78, 5) is -0.0573. The van der Waals surface area contributed by atoms with Gasteiger partial charge in [0.25, 0.3) is 10.0 Å². The Hall–Kier alpha value is -2.59. The fraction of sp³-hybridized carbons (Fsp3) is 0. The number of halogens is 1. The lowest BCUT2D eigenvalue weighted by atomic mass is 10.2. The molecule has 5 nitrogen and oxygen atoms in total. The number of sulfonamides is 1.